The van der Waals surface area contributed by atoms with Crippen molar-refractivity contribution in [2.75, 3.05) is 13.2 Å². The molecule has 1 atom stereocenters. The maximum Gasteiger partial charge on any atom is 0.328 e. The predicted molar refractivity (Wildman–Crippen MR) is 120 cm³/mol. The fraction of sp³-hybridized carbons (Fsp3) is 0.478. The minimum absolute atomic E-state index is 0.0974. The van der Waals surface area contributed by atoms with Crippen molar-refractivity contribution in [2.45, 2.75) is 46.6 Å². The second kappa shape index (κ2) is 8.78. The molecule has 3 aromatic rings. The summed E-state index contributed by atoms with van der Waals surface area (Å²) in [7, 11) is 0. The average molecular weight is 442 g/mol. The van der Waals surface area contributed by atoms with Gasteiger partial charge in [-0.05, 0) is 48.3 Å². The van der Waals surface area contributed by atoms with Gasteiger partial charge in [0.25, 0.3) is 5.56 Å². The second-order valence-corrected chi connectivity index (χ2v) is 10.0. The SMILES string of the molecule is CC(C)(C)[C@@H]1CCc2c(sc3nnn(CC(=O)OCCOc4ccccc4)c(=O)c23)C1. The maximum absolute atomic E-state index is 13.0. The number of rotatable bonds is 6. The number of aryl methyl sites for hydroxylation is 1. The lowest BCUT2D eigenvalue weighted by Gasteiger charge is -2.33. The molecule has 0 aliphatic heterocycles. The number of ether oxygens (including phenoxy) is 2. The van der Waals surface area contributed by atoms with Crippen molar-refractivity contribution in [3.05, 3.63) is 51.1 Å². The molecule has 1 aliphatic carbocycles. The van der Waals surface area contributed by atoms with Gasteiger partial charge in [0.2, 0.25) is 0 Å². The Morgan fingerprint density at radius 3 is 2.74 bits per heavy atom. The molecule has 8 heteroatoms. The third-order valence-electron chi connectivity index (χ3n) is 5.80. The van der Waals surface area contributed by atoms with Crippen LogP contribution in [0.15, 0.2) is 35.1 Å². The van der Waals surface area contributed by atoms with E-state index in [2.05, 4.69) is 31.1 Å². The number of para-hydroxylation sites is 1. The van der Waals surface area contributed by atoms with Crippen LogP contribution in [0.4, 0.5) is 0 Å². The van der Waals surface area contributed by atoms with Gasteiger partial charge in [0.1, 0.15) is 25.5 Å². The number of esters is 1. The first-order valence-corrected chi connectivity index (χ1v) is 11.4. The number of benzene rings is 1. The zero-order valence-corrected chi connectivity index (χ0v) is 18.9. The van der Waals surface area contributed by atoms with Gasteiger partial charge in [-0.1, -0.05) is 44.2 Å². The molecule has 0 radical (unpaired) electrons. The molecule has 7 nitrogen and oxygen atoms in total. The monoisotopic (exact) mass is 441 g/mol. The number of fused-ring (bicyclic) bond motifs is 3. The Morgan fingerprint density at radius 1 is 1.23 bits per heavy atom. The first-order valence-electron chi connectivity index (χ1n) is 10.5. The smallest absolute Gasteiger partial charge is 0.328 e. The highest BCUT2D eigenvalue weighted by molar-refractivity contribution is 7.18. The van der Waals surface area contributed by atoms with Crippen molar-refractivity contribution < 1.29 is 14.3 Å². The van der Waals surface area contributed by atoms with E-state index in [1.165, 1.54) is 4.88 Å². The lowest BCUT2D eigenvalue weighted by atomic mass is 9.72. The summed E-state index contributed by atoms with van der Waals surface area (Å²) in [6.45, 7) is 6.86. The third-order valence-corrected chi connectivity index (χ3v) is 6.94. The van der Waals surface area contributed by atoms with E-state index < -0.39 is 5.97 Å². The molecule has 0 fully saturated rings. The highest BCUT2D eigenvalue weighted by Gasteiger charge is 2.32. The van der Waals surface area contributed by atoms with E-state index in [0.29, 0.717) is 21.9 Å². The van der Waals surface area contributed by atoms with E-state index in [0.717, 1.165) is 29.5 Å². The number of carbonyl (C=O) groups excluding carboxylic acids is 1. The Labute approximate surface area is 185 Å². The number of hydrogen-bond acceptors (Lipinski definition) is 7. The topological polar surface area (TPSA) is 83.3 Å². The van der Waals surface area contributed by atoms with Gasteiger partial charge >= 0.3 is 5.97 Å². The molecule has 0 bridgehead atoms. The van der Waals surface area contributed by atoms with Crippen molar-refractivity contribution in [3.63, 3.8) is 0 Å². The highest BCUT2D eigenvalue weighted by atomic mass is 32.1. The Morgan fingerprint density at radius 2 is 2.00 bits per heavy atom. The largest absolute Gasteiger partial charge is 0.490 e. The van der Waals surface area contributed by atoms with E-state index in [-0.39, 0.29) is 30.7 Å². The quantitative estimate of drug-likeness (QED) is 0.429. The van der Waals surface area contributed by atoms with Gasteiger partial charge in [0.05, 0.1) is 5.39 Å². The Bertz CT molecular complexity index is 1130. The summed E-state index contributed by atoms with van der Waals surface area (Å²) in [5, 5.41) is 8.80. The van der Waals surface area contributed by atoms with E-state index in [1.807, 2.05) is 30.3 Å². The van der Waals surface area contributed by atoms with E-state index in [1.54, 1.807) is 11.3 Å². The molecule has 31 heavy (non-hydrogen) atoms. The third kappa shape index (κ3) is 4.79. The fourth-order valence-corrected chi connectivity index (χ4v) is 5.20. The number of aromatic nitrogens is 3. The van der Waals surface area contributed by atoms with Gasteiger partial charge in [0.15, 0.2) is 4.83 Å². The van der Waals surface area contributed by atoms with Gasteiger partial charge in [-0.25, -0.2) is 0 Å². The summed E-state index contributed by atoms with van der Waals surface area (Å²) in [5.41, 5.74) is 1.04. The zero-order valence-electron chi connectivity index (χ0n) is 18.1. The Kier molecular flexibility index (Phi) is 6.09. The molecule has 0 N–H and O–H groups in total. The minimum Gasteiger partial charge on any atom is -0.490 e. The molecule has 4 rings (SSSR count). The standard InChI is InChI=1S/C23H27N3O4S/c1-23(2,3)15-9-10-17-18(13-15)31-21-20(17)22(28)26(25-24-21)14-19(27)30-12-11-29-16-7-5-4-6-8-16/h4-8,15H,9-14H2,1-3H3/t15-/m1/s1. The lowest BCUT2D eigenvalue weighted by Crippen LogP contribution is -2.30. The van der Waals surface area contributed by atoms with Crippen molar-refractivity contribution in [1.82, 2.24) is 15.0 Å². The van der Waals surface area contributed by atoms with Crippen LogP contribution in [0.5, 0.6) is 5.75 Å². The van der Waals surface area contributed by atoms with E-state index in [4.69, 9.17) is 9.47 Å². The van der Waals surface area contributed by atoms with Crippen LogP contribution >= 0.6 is 11.3 Å². The molecule has 0 saturated heterocycles. The van der Waals surface area contributed by atoms with Crippen LogP contribution in [0.25, 0.3) is 10.2 Å². The predicted octanol–water partition coefficient (Wildman–Crippen LogP) is 3.63. The van der Waals surface area contributed by atoms with Crippen LogP contribution in [0.3, 0.4) is 0 Å². The molecule has 0 spiro atoms. The molecule has 0 unspecified atom stereocenters. The first-order chi connectivity index (χ1) is 14.8. The highest BCUT2D eigenvalue weighted by Crippen LogP contribution is 2.41. The van der Waals surface area contributed by atoms with Crippen molar-refractivity contribution in [2.24, 2.45) is 11.3 Å². The van der Waals surface area contributed by atoms with Gasteiger partial charge in [0, 0.05) is 4.88 Å². The molecule has 1 aromatic carbocycles. The summed E-state index contributed by atoms with van der Waals surface area (Å²) in [4.78, 5) is 27.1. The summed E-state index contributed by atoms with van der Waals surface area (Å²) in [6.07, 6.45) is 2.87. The minimum atomic E-state index is -0.538. The van der Waals surface area contributed by atoms with Crippen LogP contribution in [0.1, 0.15) is 37.6 Å². The number of nitrogens with zero attached hydrogens (tertiary/aromatic N) is 3. The Hall–Kier alpha value is -2.74. The van der Waals surface area contributed by atoms with Crippen molar-refractivity contribution in [1.29, 1.82) is 0 Å². The first kappa shape index (κ1) is 21.5. The summed E-state index contributed by atoms with van der Waals surface area (Å²) in [6, 6.07) is 9.30. The summed E-state index contributed by atoms with van der Waals surface area (Å²) < 4.78 is 11.8. The van der Waals surface area contributed by atoms with Crippen LogP contribution in [0, 0.1) is 11.3 Å². The molecule has 0 amide bonds. The molecule has 2 heterocycles. The number of carbonyl (C=O) groups is 1. The van der Waals surface area contributed by atoms with Gasteiger partial charge in [-0.3, -0.25) is 9.59 Å². The van der Waals surface area contributed by atoms with Gasteiger partial charge < -0.3 is 9.47 Å². The van der Waals surface area contributed by atoms with E-state index in [9.17, 15) is 9.59 Å². The molecular formula is C23H27N3O4S. The lowest BCUT2D eigenvalue weighted by molar-refractivity contribution is -0.145. The van der Waals surface area contributed by atoms with Gasteiger partial charge in [-0.2, -0.15) is 4.68 Å². The summed E-state index contributed by atoms with van der Waals surface area (Å²) >= 11 is 1.56. The zero-order chi connectivity index (χ0) is 22.0. The second-order valence-electron chi connectivity index (χ2n) is 8.92. The van der Waals surface area contributed by atoms with Crippen LogP contribution in [-0.2, 0) is 28.9 Å². The average Bonchev–Trinajstić information content (AvgIpc) is 3.12. The molecule has 0 saturated carbocycles. The van der Waals surface area contributed by atoms with Crippen molar-refractivity contribution in [3.8, 4) is 5.75 Å². The Balaban J connectivity index is 1.41. The van der Waals surface area contributed by atoms with Crippen molar-refractivity contribution >= 4 is 27.5 Å². The molecule has 164 valence electrons. The maximum atomic E-state index is 13.0. The number of thiophene rings is 1. The van der Waals surface area contributed by atoms with Crippen LogP contribution in [0.2, 0.25) is 0 Å². The number of hydrogen-bond donors (Lipinski definition) is 0. The van der Waals surface area contributed by atoms with E-state index >= 15 is 0 Å². The summed E-state index contributed by atoms with van der Waals surface area (Å²) in [5.74, 6) is 0.752. The fourth-order valence-electron chi connectivity index (χ4n) is 3.97. The van der Waals surface area contributed by atoms with Crippen LogP contribution in [-0.4, -0.2) is 34.2 Å². The van der Waals surface area contributed by atoms with Crippen LogP contribution < -0.4 is 10.3 Å². The molecular weight excluding hydrogens is 414 g/mol. The molecule has 1 aliphatic rings. The molecule has 2 aromatic heterocycles. The normalized spacial score (nSPS) is 16.2. The van der Waals surface area contributed by atoms with Gasteiger partial charge in [-0.15, -0.1) is 16.4 Å².